The van der Waals surface area contributed by atoms with Gasteiger partial charge in [0.15, 0.2) is 12.4 Å². The van der Waals surface area contributed by atoms with Crippen molar-refractivity contribution in [2.24, 2.45) is 0 Å². The van der Waals surface area contributed by atoms with Gasteiger partial charge in [0, 0.05) is 12.8 Å². The van der Waals surface area contributed by atoms with Gasteiger partial charge in [-0.25, -0.2) is 0 Å². The fourth-order valence-electron chi connectivity index (χ4n) is 10.9. The van der Waals surface area contributed by atoms with Crippen molar-refractivity contribution < 1.29 is 42.9 Å². The van der Waals surface area contributed by atoms with E-state index in [1.165, 1.54) is 193 Å². The summed E-state index contributed by atoms with van der Waals surface area (Å²) in [6.07, 6.45) is 106. The number of nitrogens with zero attached hydrogens (tertiary/aromatic N) is 1. The second-order valence-electron chi connectivity index (χ2n) is 27.3. The number of likely N-dealkylation sites (N-methyl/N-ethyl adjacent to an activating group) is 1. The molecule has 0 saturated carbocycles. The van der Waals surface area contributed by atoms with Gasteiger partial charge in [-0.15, -0.1) is 0 Å². The van der Waals surface area contributed by atoms with Crippen molar-refractivity contribution in [2.75, 3.05) is 47.5 Å². The van der Waals surface area contributed by atoms with Gasteiger partial charge in [-0.3, -0.25) is 9.59 Å². The topological polar surface area (TPSA) is 111 Å². The first kappa shape index (κ1) is 90.4. The summed E-state index contributed by atoms with van der Waals surface area (Å²) >= 11 is 0. The van der Waals surface area contributed by atoms with Crippen molar-refractivity contribution in [3.63, 3.8) is 0 Å². The lowest BCUT2D eigenvalue weighted by Crippen LogP contribution is -2.44. The summed E-state index contributed by atoms with van der Waals surface area (Å²) in [4.78, 5) is 37.6. The quantitative estimate of drug-likeness (QED) is 0.0195. The Balaban J connectivity index is 4.12. The number of ether oxygens (including phenoxy) is 4. The predicted octanol–water partition coefficient (Wildman–Crippen LogP) is 23.9. The average molecular weight is 1320 g/mol. The molecular formula is C86H147NO8. The monoisotopic (exact) mass is 1320 g/mol. The lowest BCUT2D eigenvalue weighted by Gasteiger charge is -2.26. The van der Waals surface area contributed by atoms with Crippen LogP contribution in [0.15, 0.2) is 134 Å². The first-order valence-corrected chi connectivity index (χ1v) is 39.3. The summed E-state index contributed by atoms with van der Waals surface area (Å²) in [5.74, 6) is -2.32. The van der Waals surface area contributed by atoms with Crippen LogP contribution in [0, 0.1) is 0 Å². The molecular weight excluding hydrogens is 1170 g/mol. The van der Waals surface area contributed by atoms with Crippen LogP contribution >= 0.6 is 0 Å². The Morgan fingerprint density at radius 1 is 0.326 bits per heavy atom. The highest BCUT2D eigenvalue weighted by Crippen LogP contribution is 2.18. The number of esters is 2. The zero-order valence-corrected chi connectivity index (χ0v) is 62.3. The van der Waals surface area contributed by atoms with E-state index in [2.05, 4.69) is 148 Å². The first-order valence-electron chi connectivity index (χ1n) is 39.3. The van der Waals surface area contributed by atoms with Crippen LogP contribution < -0.4 is 5.11 Å². The van der Waals surface area contributed by atoms with Gasteiger partial charge in [0.25, 0.3) is 0 Å². The van der Waals surface area contributed by atoms with Gasteiger partial charge in [-0.05, 0) is 116 Å². The number of carbonyl (C=O) groups is 3. The molecule has 0 aliphatic rings. The number of unbranched alkanes of at least 4 members (excludes halogenated alkanes) is 35. The summed E-state index contributed by atoms with van der Waals surface area (Å²) in [5.41, 5.74) is 0. The normalized spacial score (nSPS) is 13.4. The van der Waals surface area contributed by atoms with Crippen LogP contribution in [-0.2, 0) is 33.3 Å². The van der Waals surface area contributed by atoms with E-state index < -0.39 is 24.3 Å². The number of carbonyl (C=O) groups excluding carboxylic acids is 3. The van der Waals surface area contributed by atoms with Crippen LogP contribution in [0.4, 0.5) is 0 Å². The van der Waals surface area contributed by atoms with E-state index in [-0.39, 0.29) is 38.6 Å². The Kier molecular flexibility index (Phi) is 71.6. The molecule has 9 nitrogen and oxygen atoms in total. The number of carboxylic acids is 1. The molecule has 0 aromatic rings. The van der Waals surface area contributed by atoms with Crippen molar-refractivity contribution in [2.45, 2.75) is 347 Å². The van der Waals surface area contributed by atoms with E-state index in [4.69, 9.17) is 18.9 Å². The molecule has 2 atom stereocenters. The summed E-state index contributed by atoms with van der Waals surface area (Å²) in [6, 6.07) is 0. The van der Waals surface area contributed by atoms with E-state index in [9.17, 15) is 19.5 Å². The van der Waals surface area contributed by atoms with E-state index >= 15 is 0 Å². The molecule has 544 valence electrons. The molecule has 0 aliphatic carbocycles. The van der Waals surface area contributed by atoms with Crippen LogP contribution in [-0.4, -0.2) is 82.3 Å². The van der Waals surface area contributed by atoms with Crippen molar-refractivity contribution >= 4 is 17.9 Å². The molecule has 0 aromatic carbocycles. The predicted molar refractivity (Wildman–Crippen MR) is 407 cm³/mol. The average Bonchev–Trinajstić information content (AvgIpc) is 3.58. The number of carboxylic acid groups (broad SMARTS) is 1. The maximum Gasteiger partial charge on any atom is 0.306 e. The third kappa shape index (κ3) is 76.7. The lowest BCUT2D eigenvalue weighted by atomic mass is 10.0. The zero-order valence-electron chi connectivity index (χ0n) is 62.3. The minimum Gasteiger partial charge on any atom is -0.545 e. The molecule has 0 bridgehead atoms. The first-order chi connectivity index (χ1) is 46.6. The van der Waals surface area contributed by atoms with Crippen molar-refractivity contribution in [3.05, 3.63) is 134 Å². The standard InChI is InChI=1S/C86H147NO8/c1-6-8-10-12-14-16-18-20-22-24-26-28-30-32-34-36-38-40-42-44-46-48-50-52-54-56-58-60-62-64-66-68-70-72-74-76-83(88)93-80-82(81-94-86(85(90)91)92-79-78-87(3,4)5)95-84(89)77-75-73-71-69-67-65-63-61-59-57-55-53-51-49-47-45-43-41-39-37-35-33-31-29-27-25-23-21-19-17-15-13-11-9-7-2/h9,11,15,17,21,23-24,26-27,29,33,35,39,41,45,47,51,53,57,59,63,65,82,86H,6-8,10,12-14,16,18-20,22,25,28,30-32,34,36-38,40,42-44,46,48-50,52,54-56,58,60-62,64,66-81H2,1-5H3/b11-9-,17-15-,23-21-,26-24-,29-27-,35-33-,41-39-,47-45-,53-51-,59-57-,65-63-. The van der Waals surface area contributed by atoms with Gasteiger partial charge in [0.05, 0.1) is 40.3 Å². The molecule has 0 amide bonds. The van der Waals surface area contributed by atoms with Gasteiger partial charge in [-0.2, -0.15) is 0 Å². The fourth-order valence-corrected chi connectivity index (χ4v) is 10.9. The van der Waals surface area contributed by atoms with Gasteiger partial charge >= 0.3 is 11.9 Å². The second kappa shape index (κ2) is 75.2. The van der Waals surface area contributed by atoms with E-state index in [0.717, 1.165) is 109 Å². The minimum absolute atomic E-state index is 0.137. The Morgan fingerprint density at radius 2 is 0.600 bits per heavy atom. The van der Waals surface area contributed by atoms with Crippen LogP contribution in [0.1, 0.15) is 335 Å². The van der Waals surface area contributed by atoms with Crippen LogP contribution in [0.25, 0.3) is 0 Å². The summed E-state index contributed by atoms with van der Waals surface area (Å²) in [6.45, 7) is 4.63. The molecule has 0 aromatic heterocycles. The molecule has 0 aliphatic heterocycles. The molecule has 0 rings (SSSR count). The molecule has 0 fully saturated rings. The van der Waals surface area contributed by atoms with Gasteiger partial charge in [-0.1, -0.05) is 340 Å². The molecule has 0 N–H and O–H groups in total. The fraction of sp³-hybridized carbons (Fsp3) is 0.709. The molecule has 2 unspecified atom stereocenters. The third-order valence-electron chi connectivity index (χ3n) is 16.9. The number of hydrogen-bond acceptors (Lipinski definition) is 8. The summed E-state index contributed by atoms with van der Waals surface area (Å²) in [5, 5.41) is 11.9. The maximum absolute atomic E-state index is 13.0. The smallest absolute Gasteiger partial charge is 0.306 e. The van der Waals surface area contributed by atoms with Crippen molar-refractivity contribution in [3.8, 4) is 0 Å². The largest absolute Gasteiger partial charge is 0.545 e. The SMILES string of the molecule is CC/C=C\C/C=C\C/C=C\C/C=C\C/C=C\C/C=C\C/C=C\C/C=C\C/C=C\C/C=C\CCCCCCC(=O)OC(COC(=O)CCCCCCCCCCCCCCCCCCCCCCCCC/C=C\CCCCCCCCCC)COC(OCC[N+](C)(C)C)C(=O)[O-]. The Bertz CT molecular complexity index is 2030. The van der Waals surface area contributed by atoms with Crippen LogP contribution in [0.2, 0.25) is 0 Å². The number of quaternary nitrogens is 1. The molecule has 0 spiro atoms. The van der Waals surface area contributed by atoms with Gasteiger partial charge in [0.1, 0.15) is 13.2 Å². The highest BCUT2D eigenvalue weighted by molar-refractivity contribution is 5.70. The Hall–Kier alpha value is -4.57. The zero-order chi connectivity index (χ0) is 69.0. The van der Waals surface area contributed by atoms with Gasteiger partial charge in [0.2, 0.25) is 0 Å². The van der Waals surface area contributed by atoms with Crippen molar-refractivity contribution in [1.82, 2.24) is 0 Å². The third-order valence-corrected chi connectivity index (χ3v) is 16.9. The number of hydrogen-bond donors (Lipinski definition) is 0. The van der Waals surface area contributed by atoms with Crippen LogP contribution in [0.5, 0.6) is 0 Å². The maximum atomic E-state index is 13.0. The number of rotatable bonds is 72. The highest BCUT2D eigenvalue weighted by Gasteiger charge is 2.22. The lowest BCUT2D eigenvalue weighted by molar-refractivity contribution is -0.870. The second-order valence-corrected chi connectivity index (χ2v) is 27.3. The summed E-state index contributed by atoms with van der Waals surface area (Å²) in [7, 11) is 5.92. The Morgan fingerprint density at radius 3 is 0.905 bits per heavy atom. The number of allylic oxidation sites excluding steroid dienone is 22. The Labute approximate surface area is 586 Å². The molecule has 9 heteroatoms. The van der Waals surface area contributed by atoms with E-state index in [1.807, 2.05) is 21.1 Å². The van der Waals surface area contributed by atoms with Gasteiger partial charge < -0.3 is 33.3 Å². The number of aliphatic carboxylic acids is 1. The minimum atomic E-state index is -1.64. The summed E-state index contributed by atoms with van der Waals surface area (Å²) < 4.78 is 22.8. The molecule has 0 saturated heterocycles. The van der Waals surface area contributed by atoms with E-state index in [1.54, 1.807) is 0 Å². The highest BCUT2D eigenvalue weighted by atomic mass is 16.7. The molecule has 0 radical (unpaired) electrons. The van der Waals surface area contributed by atoms with E-state index in [0.29, 0.717) is 17.4 Å². The molecule has 95 heavy (non-hydrogen) atoms. The van der Waals surface area contributed by atoms with Crippen molar-refractivity contribution in [1.29, 1.82) is 0 Å². The van der Waals surface area contributed by atoms with Crippen LogP contribution in [0.3, 0.4) is 0 Å². The molecule has 0 heterocycles.